The first-order valence-electron chi connectivity index (χ1n) is 2.03. The van der Waals surface area contributed by atoms with E-state index in [2.05, 4.69) is 12.6 Å². The first kappa shape index (κ1) is 6.64. The van der Waals surface area contributed by atoms with Gasteiger partial charge < -0.3 is 0 Å². The lowest BCUT2D eigenvalue weighted by Gasteiger charge is -1.94. The van der Waals surface area contributed by atoms with E-state index in [1.807, 2.05) is 6.92 Å². The monoisotopic (exact) mass is 123 g/mol. The molecule has 0 nitrogen and oxygen atoms in total. The van der Waals surface area contributed by atoms with Gasteiger partial charge in [0, 0.05) is 11.1 Å². The normalized spacial score (nSPS) is 14.5. The lowest BCUT2D eigenvalue weighted by atomic mass is 10.4. The van der Waals surface area contributed by atoms with Crippen molar-refractivity contribution in [3.63, 3.8) is 0 Å². The maximum absolute atomic E-state index is 5.55. The van der Waals surface area contributed by atoms with E-state index in [1.165, 1.54) is 0 Å². The molecule has 1 radical (unpaired) electrons. The minimum atomic E-state index is 0.222. The van der Waals surface area contributed by atoms with Gasteiger partial charge in [0.15, 0.2) is 0 Å². The van der Waals surface area contributed by atoms with Gasteiger partial charge in [0.2, 0.25) is 0 Å². The van der Waals surface area contributed by atoms with Crippen molar-refractivity contribution < 1.29 is 0 Å². The summed E-state index contributed by atoms with van der Waals surface area (Å²) >= 11 is 10.2. The lowest BCUT2D eigenvalue weighted by Crippen LogP contribution is -1.94. The molecule has 6 heavy (non-hydrogen) atoms. The Bertz CT molecular complexity index is 26.7. The third kappa shape index (κ3) is 2.86. The number of halogens is 1. The molecule has 0 bridgehead atoms. The summed E-state index contributed by atoms with van der Waals surface area (Å²) < 4.78 is 0. The minimum absolute atomic E-state index is 0.222. The van der Waals surface area contributed by atoms with Gasteiger partial charge in [0.05, 0.1) is 0 Å². The number of rotatable bonds is 2. The molecule has 1 atom stereocenters. The van der Waals surface area contributed by atoms with E-state index in [0.717, 1.165) is 6.42 Å². The molecule has 0 aromatic rings. The van der Waals surface area contributed by atoms with Gasteiger partial charge in [-0.3, -0.25) is 0 Å². The molecule has 0 amide bonds. The fourth-order valence-electron chi connectivity index (χ4n) is 0.118. The predicted octanol–water partition coefficient (Wildman–Crippen LogP) is 2.20. The van der Waals surface area contributed by atoms with Crippen LogP contribution >= 0.6 is 24.2 Å². The van der Waals surface area contributed by atoms with Crippen LogP contribution in [0.3, 0.4) is 0 Å². The third-order valence-electron chi connectivity index (χ3n) is 0.624. The summed E-state index contributed by atoms with van der Waals surface area (Å²) in [6, 6.07) is 0. The first-order chi connectivity index (χ1) is 2.81. The molecular weight excluding hydrogens is 116 g/mol. The largest absolute Gasteiger partial charge is 0.122 e. The van der Waals surface area contributed by atoms with Gasteiger partial charge in [0.1, 0.15) is 0 Å². The minimum Gasteiger partial charge on any atom is -0.122 e. The average molecular weight is 124 g/mol. The molecule has 1 unspecified atom stereocenters. The van der Waals surface area contributed by atoms with Crippen molar-refractivity contribution in [2.45, 2.75) is 18.7 Å². The highest BCUT2D eigenvalue weighted by atomic mass is 35.5. The Morgan fingerprint density at radius 3 is 2.33 bits per heavy atom. The smallest absolute Gasteiger partial charge is 0.0432 e. The molecule has 0 aliphatic rings. The summed E-state index contributed by atoms with van der Waals surface area (Å²) in [6.07, 6.45) is 0.991. The van der Waals surface area contributed by atoms with Crippen LogP contribution in [0.4, 0.5) is 0 Å². The highest BCUT2D eigenvalue weighted by molar-refractivity contribution is 7.80. The van der Waals surface area contributed by atoms with Gasteiger partial charge in [-0.25, -0.2) is 0 Å². The van der Waals surface area contributed by atoms with Crippen LogP contribution in [0.25, 0.3) is 0 Å². The van der Waals surface area contributed by atoms with Crippen LogP contribution in [-0.2, 0) is 0 Å². The van der Waals surface area contributed by atoms with Crippen LogP contribution in [0.2, 0.25) is 0 Å². The quantitative estimate of drug-likeness (QED) is 0.494. The summed E-state index contributed by atoms with van der Waals surface area (Å²) in [5.41, 5.74) is 0. The molecule has 0 rings (SSSR count). The van der Waals surface area contributed by atoms with Crippen LogP contribution in [0, 0.1) is 0 Å². The Balaban J connectivity index is 2.75. The van der Waals surface area contributed by atoms with Crippen LogP contribution in [0.1, 0.15) is 13.3 Å². The molecule has 0 saturated carbocycles. The highest BCUT2D eigenvalue weighted by Crippen LogP contribution is 2.00. The van der Waals surface area contributed by atoms with Gasteiger partial charge in [0.25, 0.3) is 0 Å². The second-order valence-corrected chi connectivity index (χ2v) is 2.12. The second kappa shape index (κ2) is 3.82. The number of hydrogen-bond donors (Lipinski definition) is 0. The van der Waals surface area contributed by atoms with E-state index in [0.29, 0.717) is 5.75 Å². The zero-order valence-electron chi connectivity index (χ0n) is 3.78. The molecule has 0 aromatic carbocycles. The van der Waals surface area contributed by atoms with Crippen molar-refractivity contribution in [1.82, 2.24) is 0 Å². The summed E-state index contributed by atoms with van der Waals surface area (Å²) in [6.45, 7) is 2.03. The molecule has 0 fully saturated rings. The van der Waals surface area contributed by atoms with Crippen molar-refractivity contribution in [1.29, 1.82) is 0 Å². The molecule has 0 heterocycles. The van der Waals surface area contributed by atoms with E-state index in [4.69, 9.17) is 11.6 Å². The Kier molecular flexibility index (Phi) is 4.22. The first-order valence-corrected chi connectivity index (χ1v) is 3.04. The summed E-state index contributed by atoms with van der Waals surface area (Å²) in [4.78, 5) is 0. The molecule has 0 aliphatic carbocycles. The van der Waals surface area contributed by atoms with Crippen LogP contribution in [0.5, 0.6) is 0 Å². The van der Waals surface area contributed by atoms with E-state index in [1.54, 1.807) is 0 Å². The summed E-state index contributed by atoms with van der Waals surface area (Å²) in [5.74, 6) is 0.679. The van der Waals surface area contributed by atoms with E-state index in [9.17, 15) is 0 Å². The predicted molar refractivity (Wildman–Crippen MR) is 32.4 cm³/mol. The molecular formula is C4H8ClS. The lowest BCUT2D eigenvalue weighted by molar-refractivity contribution is 0.908. The molecule has 2 heteroatoms. The van der Waals surface area contributed by atoms with Crippen LogP contribution < -0.4 is 0 Å². The van der Waals surface area contributed by atoms with Crippen molar-refractivity contribution in [2.75, 3.05) is 5.75 Å². The van der Waals surface area contributed by atoms with Crippen molar-refractivity contribution >= 4 is 24.2 Å². The van der Waals surface area contributed by atoms with Gasteiger partial charge >= 0.3 is 0 Å². The maximum atomic E-state index is 5.55. The summed E-state index contributed by atoms with van der Waals surface area (Å²) in [7, 11) is 0. The average Bonchev–Trinajstić information content (AvgIpc) is 1.65. The van der Waals surface area contributed by atoms with Crippen molar-refractivity contribution in [3.05, 3.63) is 0 Å². The fraction of sp³-hybridized carbons (Fsp3) is 1.00. The molecule has 37 valence electrons. The van der Waals surface area contributed by atoms with Gasteiger partial charge in [-0.1, -0.05) is 19.6 Å². The topological polar surface area (TPSA) is 0 Å². The fourth-order valence-corrected chi connectivity index (χ4v) is 0.354. The second-order valence-electron chi connectivity index (χ2n) is 1.17. The summed E-state index contributed by atoms with van der Waals surface area (Å²) in [5, 5.41) is 0.222. The van der Waals surface area contributed by atoms with E-state index >= 15 is 0 Å². The van der Waals surface area contributed by atoms with E-state index in [-0.39, 0.29) is 5.38 Å². The SMILES string of the molecule is CCC(Cl)C[S]. The number of hydrogen-bond acceptors (Lipinski definition) is 0. The highest BCUT2D eigenvalue weighted by Gasteiger charge is 1.93. The van der Waals surface area contributed by atoms with Gasteiger partial charge in [-0.05, 0) is 6.42 Å². The van der Waals surface area contributed by atoms with Crippen molar-refractivity contribution in [3.8, 4) is 0 Å². The van der Waals surface area contributed by atoms with Crippen LogP contribution in [0.15, 0.2) is 0 Å². The zero-order valence-corrected chi connectivity index (χ0v) is 5.35. The Labute approximate surface area is 49.3 Å². The number of alkyl halides is 1. The molecule has 0 spiro atoms. The van der Waals surface area contributed by atoms with Gasteiger partial charge in [-0.15, -0.1) is 11.6 Å². The molecule has 0 aromatic heterocycles. The maximum Gasteiger partial charge on any atom is 0.0432 e. The zero-order chi connectivity index (χ0) is 4.99. The molecule has 0 aliphatic heterocycles. The Hall–Kier alpha value is 0.640. The third-order valence-corrected chi connectivity index (χ3v) is 1.67. The molecule has 0 N–H and O–H groups in total. The van der Waals surface area contributed by atoms with Crippen molar-refractivity contribution in [2.24, 2.45) is 0 Å². The molecule has 0 saturated heterocycles. The van der Waals surface area contributed by atoms with Gasteiger partial charge in [-0.2, -0.15) is 0 Å². The van der Waals surface area contributed by atoms with E-state index < -0.39 is 0 Å². The van der Waals surface area contributed by atoms with Crippen LogP contribution in [-0.4, -0.2) is 11.1 Å². The Morgan fingerprint density at radius 1 is 1.83 bits per heavy atom. The standard InChI is InChI=1S/C4H8ClS/c1-2-4(5)3-6/h4H,2-3H2,1H3. The Morgan fingerprint density at radius 2 is 2.33 bits per heavy atom.